The molecule has 2 saturated heterocycles. The zero-order valence-corrected chi connectivity index (χ0v) is 16.2. The second kappa shape index (κ2) is 7.31. The largest absolute Gasteiger partial charge is 0.477 e. The molecule has 0 radical (unpaired) electrons. The summed E-state index contributed by atoms with van der Waals surface area (Å²) in [7, 11) is 1.32. The van der Waals surface area contributed by atoms with Gasteiger partial charge in [0.1, 0.15) is 18.3 Å². The van der Waals surface area contributed by atoms with Crippen LogP contribution in [-0.2, 0) is 16.0 Å². The van der Waals surface area contributed by atoms with Gasteiger partial charge in [0.05, 0.1) is 43.7 Å². The highest BCUT2D eigenvalue weighted by atomic mass is 19.1. The molecule has 0 spiro atoms. The van der Waals surface area contributed by atoms with Gasteiger partial charge in [-0.3, -0.25) is 5.32 Å². The number of methoxy groups -OCH3 is 1. The molecular weight excluding hydrogens is 375 g/mol. The Balaban J connectivity index is 1.76. The van der Waals surface area contributed by atoms with Crippen molar-refractivity contribution < 1.29 is 23.4 Å². The zero-order chi connectivity index (χ0) is 20.0. The van der Waals surface area contributed by atoms with E-state index in [4.69, 9.17) is 14.2 Å². The lowest BCUT2D eigenvalue weighted by atomic mass is 9.94. The maximum atomic E-state index is 14.7. The summed E-state index contributed by atoms with van der Waals surface area (Å²) in [6.07, 6.45) is 1.96. The van der Waals surface area contributed by atoms with E-state index in [0.717, 1.165) is 29.7 Å². The second-order valence-corrected chi connectivity index (χ2v) is 7.68. The minimum absolute atomic E-state index is 0.156. The summed E-state index contributed by atoms with van der Waals surface area (Å²) in [5.41, 5.74) is 3.41. The summed E-state index contributed by atoms with van der Waals surface area (Å²) in [6, 6.07) is 8.93. The Morgan fingerprint density at radius 1 is 1.21 bits per heavy atom. The molecule has 7 heteroatoms. The van der Waals surface area contributed by atoms with E-state index in [1.54, 1.807) is 0 Å². The molecule has 3 heterocycles. The number of para-hydroxylation sites is 1. The van der Waals surface area contributed by atoms with E-state index in [1.807, 2.05) is 18.2 Å². The molecule has 0 aliphatic carbocycles. The number of ether oxygens (including phenoxy) is 3. The molecular formula is C22H23FN2O4. The molecule has 29 heavy (non-hydrogen) atoms. The number of nitrogens with one attached hydrogen (secondary N) is 1. The zero-order valence-electron chi connectivity index (χ0n) is 16.2. The van der Waals surface area contributed by atoms with Crippen molar-refractivity contribution in [3.05, 3.63) is 47.3 Å². The number of anilines is 1. The SMILES string of the molecule is COC(=O)c1cc(F)cc(-c2cccc3c2OCNC3)c1N1C2CCC1COC2. The maximum Gasteiger partial charge on any atom is 0.340 e. The smallest absolute Gasteiger partial charge is 0.340 e. The average Bonchev–Trinajstić information content (AvgIpc) is 2.99. The number of carbonyl (C=O) groups is 1. The van der Waals surface area contributed by atoms with Crippen LogP contribution in [0.15, 0.2) is 30.3 Å². The summed E-state index contributed by atoms with van der Waals surface area (Å²) in [4.78, 5) is 14.9. The van der Waals surface area contributed by atoms with Gasteiger partial charge >= 0.3 is 5.97 Å². The Labute approximate surface area is 168 Å². The van der Waals surface area contributed by atoms with E-state index < -0.39 is 11.8 Å². The minimum atomic E-state index is -0.543. The van der Waals surface area contributed by atoms with Crippen LogP contribution in [0.2, 0.25) is 0 Å². The fraction of sp³-hybridized carbons (Fsp3) is 0.409. The number of hydrogen-bond donors (Lipinski definition) is 1. The third-order valence-corrected chi connectivity index (χ3v) is 6.00. The summed E-state index contributed by atoms with van der Waals surface area (Å²) in [5.74, 6) is -0.287. The van der Waals surface area contributed by atoms with Crippen LogP contribution >= 0.6 is 0 Å². The van der Waals surface area contributed by atoms with Crippen LogP contribution in [0.5, 0.6) is 5.75 Å². The van der Waals surface area contributed by atoms with Crippen molar-refractivity contribution in [2.45, 2.75) is 31.5 Å². The van der Waals surface area contributed by atoms with Gasteiger partial charge in [0.2, 0.25) is 0 Å². The number of rotatable bonds is 3. The monoisotopic (exact) mass is 398 g/mol. The van der Waals surface area contributed by atoms with Crippen LogP contribution in [0, 0.1) is 5.82 Å². The predicted octanol–water partition coefficient (Wildman–Crippen LogP) is 3.09. The van der Waals surface area contributed by atoms with Gasteiger partial charge in [0, 0.05) is 23.2 Å². The molecule has 2 bridgehead atoms. The maximum absolute atomic E-state index is 14.7. The molecule has 0 aromatic heterocycles. The molecule has 3 aliphatic rings. The Bertz CT molecular complexity index is 948. The first-order chi connectivity index (χ1) is 14.2. The molecule has 2 atom stereocenters. The van der Waals surface area contributed by atoms with Gasteiger partial charge in [-0.1, -0.05) is 18.2 Å². The van der Waals surface area contributed by atoms with E-state index in [9.17, 15) is 9.18 Å². The van der Waals surface area contributed by atoms with Crippen molar-refractivity contribution in [3.63, 3.8) is 0 Å². The van der Waals surface area contributed by atoms with E-state index in [0.29, 0.717) is 37.7 Å². The summed E-state index contributed by atoms with van der Waals surface area (Å²) < 4.78 is 31.3. The molecule has 2 unspecified atom stereocenters. The Morgan fingerprint density at radius 2 is 2.00 bits per heavy atom. The number of benzene rings is 2. The normalized spacial score (nSPS) is 22.8. The third kappa shape index (κ3) is 3.05. The fourth-order valence-electron chi connectivity index (χ4n) is 4.76. The van der Waals surface area contributed by atoms with E-state index in [2.05, 4.69) is 10.2 Å². The molecule has 2 fully saturated rings. The Morgan fingerprint density at radius 3 is 2.76 bits per heavy atom. The van der Waals surface area contributed by atoms with Gasteiger partial charge in [0.25, 0.3) is 0 Å². The molecule has 0 saturated carbocycles. The lowest BCUT2D eigenvalue weighted by molar-refractivity contribution is 0.0598. The van der Waals surface area contributed by atoms with Crippen molar-refractivity contribution in [1.82, 2.24) is 5.32 Å². The first-order valence-electron chi connectivity index (χ1n) is 9.91. The molecule has 1 N–H and O–H groups in total. The van der Waals surface area contributed by atoms with Crippen molar-refractivity contribution >= 4 is 11.7 Å². The van der Waals surface area contributed by atoms with Crippen molar-refractivity contribution in [2.75, 3.05) is 32.0 Å². The van der Waals surface area contributed by atoms with E-state index in [1.165, 1.54) is 19.2 Å². The molecule has 0 amide bonds. The Hall–Kier alpha value is -2.64. The highest BCUT2D eigenvalue weighted by Crippen LogP contribution is 2.46. The molecule has 6 nitrogen and oxygen atoms in total. The number of morpholine rings is 1. The van der Waals surface area contributed by atoms with Gasteiger partial charge in [-0.25, -0.2) is 9.18 Å². The van der Waals surface area contributed by atoms with Crippen LogP contribution in [0.4, 0.5) is 10.1 Å². The number of nitrogens with zero attached hydrogens (tertiary/aromatic N) is 1. The molecule has 2 aromatic rings. The number of halogens is 1. The standard InChI is InChI=1S/C22H23FN2O4/c1-27-22(26)19-8-14(23)7-18(17-4-2-3-13-9-24-12-29-21(13)17)20(19)25-15-5-6-16(25)11-28-10-15/h2-4,7-8,15-16,24H,5-6,9-12H2,1H3. The van der Waals surface area contributed by atoms with E-state index >= 15 is 0 Å². The third-order valence-electron chi connectivity index (χ3n) is 6.00. The van der Waals surface area contributed by atoms with Gasteiger partial charge in [0.15, 0.2) is 0 Å². The van der Waals surface area contributed by atoms with Crippen LogP contribution in [0.25, 0.3) is 11.1 Å². The summed E-state index contributed by atoms with van der Waals surface area (Å²) in [6.45, 7) is 2.27. The number of hydrogen-bond acceptors (Lipinski definition) is 6. The minimum Gasteiger partial charge on any atom is -0.477 e. The van der Waals surface area contributed by atoms with Crippen molar-refractivity contribution in [3.8, 4) is 16.9 Å². The topological polar surface area (TPSA) is 60.0 Å². The number of esters is 1. The van der Waals surface area contributed by atoms with Gasteiger partial charge in [-0.15, -0.1) is 0 Å². The van der Waals surface area contributed by atoms with Crippen LogP contribution in [0.1, 0.15) is 28.8 Å². The lowest BCUT2D eigenvalue weighted by Crippen LogP contribution is -2.46. The Kier molecular flexibility index (Phi) is 4.64. The highest BCUT2D eigenvalue weighted by Gasteiger charge is 2.41. The van der Waals surface area contributed by atoms with Crippen molar-refractivity contribution in [1.29, 1.82) is 0 Å². The van der Waals surface area contributed by atoms with Crippen LogP contribution in [-0.4, -0.2) is 45.1 Å². The van der Waals surface area contributed by atoms with Gasteiger partial charge in [-0.05, 0) is 25.0 Å². The molecule has 152 valence electrons. The van der Waals surface area contributed by atoms with Gasteiger partial charge in [-0.2, -0.15) is 0 Å². The fourth-order valence-corrected chi connectivity index (χ4v) is 4.76. The quantitative estimate of drug-likeness (QED) is 0.802. The molecule has 3 aliphatic heterocycles. The number of fused-ring (bicyclic) bond motifs is 3. The van der Waals surface area contributed by atoms with E-state index in [-0.39, 0.29) is 17.6 Å². The molecule has 5 rings (SSSR count). The summed E-state index contributed by atoms with van der Waals surface area (Å²) >= 11 is 0. The van der Waals surface area contributed by atoms with Gasteiger partial charge < -0.3 is 19.1 Å². The highest BCUT2D eigenvalue weighted by molar-refractivity contribution is 6.01. The summed E-state index contributed by atoms with van der Waals surface area (Å²) in [5, 5.41) is 3.17. The second-order valence-electron chi connectivity index (χ2n) is 7.68. The number of carbonyl (C=O) groups excluding carboxylic acids is 1. The lowest BCUT2D eigenvalue weighted by Gasteiger charge is -2.39. The predicted molar refractivity (Wildman–Crippen MR) is 106 cm³/mol. The van der Waals surface area contributed by atoms with Crippen molar-refractivity contribution in [2.24, 2.45) is 0 Å². The first kappa shape index (κ1) is 18.4. The molecule has 2 aromatic carbocycles. The average molecular weight is 398 g/mol. The van der Waals surface area contributed by atoms with Crippen LogP contribution < -0.4 is 15.0 Å². The van der Waals surface area contributed by atoms with Crippen LogP contribution in [0.3, 0.4) is 0 Å². The first-order valence-corrected chi connectivity index (χ1v) is 9.91.